The molecule has 4 rings (SSSR count). The van der Waals surface area contributed by atoms with Crippen LogP contribution in [0.25, 0.3) is 0 Å². The quantitative estimate of drug-likeness (QED) is 0.453. The van der Waals surface area contributed by atoms with Gasteiger partial charge in [0.05, 0.1) is 11.3 Å². The van der Waals surface area contributed by atoms with E-state index in [1.165, 1.54) is 22.2 Å². The fraction of sp³-hybridized carbons (Fsp3) is 0.417. The highest BCUT2D eigenvalue weighted by Gasteiger charge is 2.22. The predicted octanol–water partition coefficient (Wildman–Crippen LogP) is 5.04. The van der Waals surface area contributed by atoms with Crippen molar-refractivity contribution in [2.75, 3.05) is 11.1 Å². The molecule has 7 nitrogen and oxygen atoms in total. The van der Waals surface area contributed by atoms with Gasteiger partial charge in [0.2, 0.25) is 5.91 Å². The van der Waals surface area contributed by atoms with Gasteiger partial charge in [0.15, 0.2) is 11.0 Å². The van der Waals surface area contributed by atoms with Crippen molar-refractivity contribution in [2.45, 2.75) is 64.8 Å². The largest absolute Gasteiger partial charge is 0.485 e. The van der Waals surface area contributed by atoms with E-state index in [9.17, 15) is 10.1 Å². The van der Waals surface area contributed by atoms with Gasteiger partial charge < -0.3 is 14.6 Å². The topological polar surface area (TPSA) is 92.8 Å². The smallest absolute Gasteiger partial charge is 0.235 e. The van der Waals surface area contributed by atoms with Crippen LogP contribution in [0.15, 0.2) is 23.4 Å². The van der Waals surface area contributed by atoms with Gasteiger partial charge in [0, 0.05) is 11.4 Å². The number of benzene rings is 1. The number of hydrogen-bond acceptors (Lipinski definition) is 7. The molecule has 0 spiro atoms. The highest BCUT2D eigenvalue weighted by molar-refractivity contribution is 7.99. The first kappa shape index (κ1) is 23.3. The van der Waals surface area contributed by atoms with Gasteiger partial charge in [-0.25, -0.2) is 0 Å². The van der Waals surface area contributed by atoms with Gasteiger partial charge in [-0.1, -0.05) is 23.9 Å². The molecule has 33 heavy (non-hydrogen) atoms. The fourth-order valence-corrected chi connectivity index (χ4v) is 6.02. The van der Waals surface area contributed by atoms with Gasteiger partial charge in [0.25, 0.3) is 0 Å². The second-order valence-corrected chi connectivity index (χ2v) is 10.0. The van der Waals surface area contributed by atoms with Gasteiger partial charge >= 0.3 is 0 Å². The van der Waals surface area contributed by atoms with E-state index < -0.39 is 0 Å². The Kier molecular flexibility index (Phi) is 7.36. The zero-order valence-electron chi connectivity index (χ0n) is 19.1. The lowest BCUT2D eigenvalue weighted by atomic mass is 9.96. The minimum atomic E-state index is -0.145. The molecule has 0 aliphatic heterocycles. The van der Waals surface area contributed by atoms with Crippen LogP contribution < -0.4 is 10.1 Å². The third-order valence-corrected chi connectivity index (χ3v) is 8.06. The average Bonchev–Trinajstić information content (AvgIpc) is 3.38. The molecule has 0 fully saturated rings. The molecule has 172 valence electrons. The molecule has 9 heteroatoms. The van der Waals surface area contributed by atoms with Crippen LogP contribution in [0.4, 0.5) is 5.00 Å². The van der Waals surface area contributed by atoms with Crippen molar-refractivity contribution in [2.24, 2.45) is 0 Å². The van der Waals surface area contributed by atoms with Crippen molar-refractivity contribution in [3.63, 3.8) is 0 Å². The van der Waals surface area contributed by atoms with Crippen LogP contribution in [0, 0.1) is 25.2 Å². The molecule has 0 atom stereocenters. The summed E-state index contributed by atoms with van der Waals surface area (Å²) in [5.41, 5.74) is 4.04. The third-order valence-electron chi connectivity index (χ3n) is 5.89. The predicted molar refractivity (Wildman–Crippen MR) is 131 cm³/mol. The summed E-state index contributed by atoms with van der Waals surface area (Å²) in [6.07, 6.45) is 4.16. The molecule has 0 radical (unpaired) electrons. The Balaban J connectivity index is 1.38. The number of thioether (sulfide) groups is 1. The number of aromatic nitrogens is 3. The second kappa shape index (κ2) is 10.4. The van der Waals surface area contributed by atoms with Crippen molar-refractivity contribution in [3.05, 3.63) is 51.2 Å². The number of nitrogens with zero attached hydrogens (tertiary/aromatic N) is 4. The number of nitrogens with one attached hydrogen (secondary N) is 1. The first-order valence-corrected chi connectivity index (χ1v) is 12.9. The summed E-state index contributed by atoms with van der Waals surface area (Å²) in [7, 11) is 0. The summed E-state index contributed by atoms with van der Waals surface area (Å²) in [5, 5.41) is 22.4. The normalized spacial score (nSPS) is 12.8. The molecule has 1 amide bonds. The number of hydrogen-bond donors (Lipinski definition) is 1. The lowest BCUT2D eigenvalue weighted by Crippen LogP contribution is -2.15. The molecule has 0 saturated heterocycles. The number of thiophene rings is 1. The number of carbonyl (C=O) groups excluding carboxylic acids is 1. The standard InChI is InChI=1S/C24H27N5O2S2/c1-4-29-21(13-31-19-10-7-8-15(2)16(19)3)27-28-24(29)32-14-22(30)26-23-18(12-25)17-9-5-6-11-20(17)33-23/h7-8,10H,4-6,9,11,13-14H2,1-3H3,(H,26,30). The SMILES string of the molecule is CCn1c(COc2cccc(C)c2C)nnc1SCC(=O)Nc1sc2c(c1C#N)CCCC2. The van der Waals surface area contributed by atoms with Crippen molar-refractivity contribution in [3.8, 4) is 11.8 Å². The van der Waals surface area contributed by atoms with E-state index in [1.54, 1.807) is 11.3 Å². The monoisotopic (exact) mass is 481 g/mol. The van der Waals surface area contributed by atoms with Crippen molar-refractivity contribution in [1.29, 1.82) is 5.26 Å². The molecule has 0 unspecified atom stereocenters. The van der Waals surface area contributed by atoms with Crippen LogP contribution in [-0.2, 0) is 30.8 Å². The van der Waals surface area contributed by atoms with E-state index >= 15 is 0 Å². The fourth-order valence-electron chi connectivity index (χ4n) is 3.94. The highest BCUT2D eigenvalue weighted by atomic mass is 32.2. The number of ether oxygens (including phenoxy) is 1. The lowest BCUT2D eigenvalue weighted by Gasteiger charge is -2.11. The van der Waals surface area contributed by atoms with Crippen LogP contribution in [0.3, 0.4) is 0 Å². The Labute approximate surface area is 202 Å². The zero-order valence-corrected chi connectivity index (χ0v) is 20.7. The van der Waals surface area contributed by atoms with E-state index in [-0.39, 0.29) is 11.7 Å². The number of aryl methyl sites for hydroxylation is 2. The Hall–Kier alpha value is -2.83. The maximum Gasteiger partial charge on any atom is 0.235 e. The average molecular weight is 482 g/mol. The summed E-state index contributed by atoms with van der Waals surface area (Å²) in [6.45, 7) is 7.10. The number of carbonyl (C=O) groups is 1. The molecular formula is C24H27N5O2S2. The maximum atomic E-state index is 12.6. The number of fused-ring (bicyclic) bond motifs is 1. The zero-order chi connectivity index (χ0) is 23.4. The Bertz CT molecular complexity index is 1210. The second-order valence-electron chi connectivity index (χ2n) is 7.99. The molecule has 0 bridgehead atoms. The number of nitriles is 1. The molecular weight excluding hydrogens is 454 g/mol. The molecule has 1 aliphatic carbocycles. The first-order valence-electron chi connectivity index (χ1n) is 11.1. The van der Waals surface area contributed by atoms with Crippen LogP contribution in [0.1, 0.15) is 52.7 Å². The molecule has 2 aromatic heterocycles. The Morgan fingerprint density at radius 1 is 1.30 bits per heavy atom. The van der Waals surface area contributed by atoms with E-state index in [2.05, 4.69) is 34.6 Å². The summed E-state index contributed by atoms with van der Waals surface area (Å²) in [6, 6.07) is 8.27. The Morgan fingerprint density at radius 2 is 2.12 bits per heavy atom. The number of anilines is 1. The first-order chi connectivity index (χ1) is 16.0. The molecule has 0 saturated carbocycles. The van der Waals surface area contributed by atoms with E-state index in [0.717, 1.165) is 48.4 Å². The third kappa shape index (κ3) is 5.07. The van der Waals surface area contributed by atoms with E-state index in [0.29, 0.717) is 28.9 Å². The Morgan fingerprint density at radius 3 is 2.91 bits per heavy atom. The van der Waals surface area contributed by atoms with Gasteiger partial charge in [-0.15, -0.1) is 21.5 Å². The van der Waals surface area contributed by atoms with Crippen molar-refractivity contribution >= 4 is 34.0 Å². The van der Waals surface area contributed by atoms with Gasteiger partial charge in [-0.3, -0.25) is 4.79 Å². The van der Waals surface area contributed by atoms with Gasteiger partial charge in [-0.05, 0) is 69.2 Å². The van der Waals surface area contributed by atoms with Crippen LogP contribution in [0.2, 0.25) is 0 Å². The lowest BCUT2D eigenvalue weighted by molar-refractivity contribution is -0.113. The maximum absolute atomic E-state index is 12.6. The molecule has 1 N–H and O–H groups in total. The van der Waals surface area contributed by atoms with Gasteiger partial charge in [-0.2, -0.15) is 5.26 Å². The molecule has 1 aliphatic rings. The molecule has 2 heterocycles. The minimum absolute atomic E-state index is 0.145. The summed E-state index contributed by atoms with van der Waals surface area (Å²) in [5.74, 6) is 1.61. The summed E-state index contributed by atoms with van der Waals surface area (Å²) < 4.78 is 7.95. The minimum Gasteiger partial charge on any atom is -0.485 e. The van der Waals surface area contributed by atoms with E-state index in [4.69, 9.17) is 4.74 Å². The summed E-state index contributed by atoms with van der Waals surface area (Å²) in [4.78, 5) is 13.9. The molecule has 1 aromatic carbocycles. The summed E-state index contributed by atoms with van der Waals surface area (Å²) >= 11 is 2.88. The number of amides is 1. The van der Waals surface area contributed by atoms with Gasteiger partial charge in [0.1, 0.15) is 23.4 Å². The molecule has 3 aromatic rings. The van der Waals surface area contributed by atoms with Crippen molar-refractivity contribution < 1.29 is 9.53 Å². The van der Waals surface area contributed by atoms with Crippen LogP contribution in [-0.4, -0.2) is 26.4 Å². The number of rotatable bonds is 8. The van der Waals surface area contributed by atoms with Crippen LogP contribution >= 0.6 is 23.1 Å². The highest BCUT2D eigenvalue weighted by Crippen LogP contribution is 2.37. The van der Waals surface area contributed by atoms with Crippen LogP contribution in [0.5, 0.6) is 5.75 Å². The van der Waals surface area contributed by atoms with Crippen molar-refractivity contribution in [1.82, 2.24) is 14.8 Å². The van der Waals surface area contributed by atoms with E-state index in [1.807, 2.05) is 30.5 Å².